The topological polar surface area (TPSA) is 44.8 Å². The van der Waals surface area contributed by atoms with Crippen LogP contribution in [-0.2, 0) is 11.3 Å². The first kappa shape index (κ1) is 10.1. The second kappa shape index (κ2) is 4.40. The largest absolute Gasteiger partial charge is 0.486 e. The quantitative estimate of drug-likeness (QED) is 0.729. The van der Waals surface area contributed by atoms with Gasteiger partial charge in [0.05, 0.1) is 0 Å². The molecular weight excluding hydrogens is 220 g/mol. The lowest BCUT2D eigenvalue weighted by Crippen LogP contribution is -2.16. The fraction of sp³-hybridized carbons (Fsp3) is 0.300. The predicted octanol–water partition coefficient (Wildman–Crippen LogP) is 2.33. The summed E-state index contributed by atoms with van der Waals surface area (Å²) < 4.78 is 15.5. The van der Waals surface area contributed by atoms with Gasteiger partial charge in [0.1, 0.15) is 19.8 Å². The SMILES string of the molecule is O=C(Cl)OCc1cccc2c1OCCO2. The molecule has 80 valence electrons. The Kier molecular flexibility index (Phi) is 2.97. The molecule has 0 spiro atoms. The Hall–Kier alpha value is -1.42. The molecule has 0 aliphatic carbocycles. The van der Waals surface area contributed by atoms with Crippen molar-refractivity contribution < 1.29 is 19.0 Å². The van der Waals surface area contributed by atoms with E-state index in [9.17, 15) is 4.79 Å². The van der Waals surface area contributed by atoms with E-state index in [1.807, 2.05) is 6.07 Å². The van der Waals surface area contributed by atoms with Gasteiger partial charge in [-0.25, -0.2) is 4.79 Å². The summed E-state index contributed by atoms with van der Waals surface area (Å²) in [6, 6.07) is 5.42. The van der Waals surface area contributed by atoms with Crippen LogP contribution >= 0.6 is 11.6 Å². The molecule has 0 amide bonds. The van der Waals surface area contributed by atoms with E-state index in [-0.39, 0.29) is 6.61 Å². The Balaban J connectivity index is 2.19. The molecule has 1 aliphatic rings. The molecule has 0 unspecified atom stereocenters. The van der Waals surface area contributed by atoms with Crippen molar-refractivity contribution in [2.45, 2.75) is 6.61 Å². The summed E-state index contributed by atoms with van der Waals surface area (Å²) in [7, 11) is 0. The number of hydrogen-bond donors (Lipinski definition) is 0. The van der Waals surface area contributed by atoms with Crippen molar-refractivity contribution in [2.75, 3.05) is 13.2 Å². The number of halogens is 1. The molecule has 5 heteroatoms. The van der Waals surface area contributed by atoms with E-state index in [1.54, 1.807) is 12.1 Å². The first-order chi connectivity index (χ1) is 7.27. The maximum absolute atomic E-state index is 10.5. The lowest BCUT2D eigenvalue weighted by molar-refractivity contribution is 0.152. The van der Waals surface area contributed by atoms with E-state index in [1.165, 1.54) is 0 Å². The van der Waals surface area contributed by atoms with E-state index < -0.39 is 5.43 Å². The number of benzene rings is 1. The van der Waals surface area contributed by atoms with Crippen molar-refractivity contribution in [2.24, 2.45) is 0 Å². The number of rotatable bonds is 2. The molecule has 0 aromatic heterocycles. The zero-order valence-electron chi connectivity index (χ0n) is 7.86. The van der Waals surface area contributed by atoms with Crippen LogP contribution in [0.4, 0.5) is 4.79 Å². The molecule has 4 nitrogen and oxygen atoms in total. The predicted molar refractivity (Wildman–Crippen MR) is 53.5 cm³/mol. The second-order valence-electron chi connectivity index (χ2n) is 2.97. The lowest BCUT2D eigenvalue weighted by Gasteiger charge is -2.20. The lowest BCUT2D eigenvalue weighted by atomic mass is 10.2. The van der Waals surface area contributed by atoms with Crippen LogP contribution in [0, 0.1) is 0 Å². The number of carbonyl (C=O) groups is 1. The summed E-state index contributed by atoms with van der Waals surface area (Å²) in [6.07, 6.45) is 0. The van der Waals surface area contributed by atoms with E-state index in [0.717, 1.165) is 5.56 Å². The third-order valence-electron chi connectivity index (χ3n) is 1.99. The number of fused-ring (bicyclic) bond motifs is 1. The van der Waals surface area contributed by atoms with Gasteiger partial charge in [-0.1, -0.05) is 12.1 Å². The molecule has 1 aliphatic heterocycles. The Morgan fingerprint density at radius 2 is 2.20 bits per heavy atom. The van der Waals surface area contributed by atoms with Crippen molar-refractivity contribution in [3.63, 3.8) is 0 Å². The highest BCUT2D eigenvalue weighted by Crippen LogP contribution is 2.33. The second-order valence-corrected chi connectivity index (χ2v) is 3.28. The molecule has 0 N–H and O–H groups in total. The van der Waals surface area contributed by atoms with Gasteiger partial charge in [0.2, 0.25) is 0 Å². The van der Waals surface area contributed by atoms with E-state index in [4.69, 9.17) is 21.1 Å². The molecule has 0 saturated carbocycles. The number of ether oxygens (including phenoxy) is 3. The summed E-state index contributed by atoms with van der Waals surface area (Å²) in [5.41, 5.74) is -0.0782. The summed E-state index contributed by atoms with van der Waals surface area (Å²) >= 11 is 5.08. The monoisotopic (exact) mass is 228 g/mol. The van der Waals surface area contributed by atoms with E-state index >= 15 is 0 Å². The van der Waals surface area contributed by atoms with Gasteiger partial charge in [-0.05, 0) is 6.07 Å². The summed E-state index contributed by atoms with van der Waals surface area (Å²) in [6.45, 7) is 1.12. The molecule has 0 fully saturated rings. The fourth-order valence-electron chi connectivity index (χ4n) is 1.38. The average molecular weight is 229 g/mol. The van der Waals surface area contributed by atoms with Crippen LogP contribution in [0.1, 0.15) is 5.56 Å². The molecule has 2 rings (SSSR count). The smallest absolute Gasteiger partial charge is 0.404 e. The molecule has 0 saturated heterocycles. The van der Waals surface area contributed by atoms with Crippen LogP contribution in [-0.4, -0.2) is 18.6 Å². The highest BCUT2D eigenvalue weighted by atomic mass is 35.5. The molecule has 1 aromatic carbocycles. The third kappa shape index (κ3) is 2.33. The van der Waals surface area contributed by atoms with Crippen molar-refractivity contribution in [1.29, 1.82) is 0 Å². The summed E-state index contributed by atoms with van der Waals surface area (Å²) in [5.74, 6) is 1.30. The molecule has 0 atom stereocenters. The Morgan fingerprint density at radius 3 is 3.00 bits per heavy atom. The first-order valence-electron chi connectivity index (χ1n) is 4.47. The molecule has 15 heavy (non-hydrogen) atoms. The van der Waals surface area contributed by atoms with Crippen LogP contribution < -0.4 is 9.47 Å². The van der Waals surface area contributed by atoms with E-state index in [0.29, 0.717) is 24.7 Å². The molecule has 1 heterocycles. The van der Waals surface area contributed by atoms with Crippen molar-refractivity contribution in [1.82, 2.24) is 0 Å². The Bertz CT molecular complexity index is 378. The normalized spacial score (nSPS) is 13.4. The van der Waals surface area contributed by atoms with Crippen molar-refractivity contribution >= 4 is 17.0 Å². The Morgan fingerprint density at radius 1 is 1.40 bits per heavy atom. The minimum Gasteiger partial charge on any atom is -0.486 e. The zero-order valence-corrected chi connectivity index (χ0v) is 8.62. The van der Waals surface area contributed by atoms with Crippen LogP contribution in [0.3, 0.4) is 0 Å². The first-order valence-corrected chi connectivity index (χ1v) is 4.85. The molecule has 0 bridgehead atoms. The van der Waals surface area contributed by atoms with Crippen molar-refractivity contribution in [3.8, 4) is 11.5 Å². The van der Waals surface area contributed by atoms with Crippen LogP contribution in [0.2, 0.25) is 0 Å². The van der Waals surface area contributed by atoms with Gasteiger partial charge in [-0.3, -0.25) is 0 Å². The van der Waals surface area contributed by atoms with Gasteiger partial charge in [-0.2, -0.15) is 0 Å². The highest BCUT2D eigenvalue weighted by molar-refractivity contribution is 6.61. The van der Waals surface area contributed by atoms with Gasteiger partial charge >= 0.3 is 5.43 Å². The highest BCUT2D eigenvalue weighted by Gasteiger charge is 2.15. The maximum atomic E-state index is 10.5. The van der Waals surface area contributed by atoms with Crippen LogP contribution in [0.25, 0.3) is 0 Å². The maximum Gasteiger partial charge on any atom is 0.404 e. The van der Waals surface area contributed by atoms with Gasteiger partial charge in [0.25, 0.3) is 0 Å². The van der Waals surface area contributed by atoms with Crippen molar-refractivity contribution in [3.05, 3.63) is 23.8 Å². The fourth-order valence-corrected chi connectivity index (χ4v) is 1.44. The minimum absolute atomic E-state index is 0.0921. The van der Waals surface area contributed by atoms with Crippen LogP contribution in [0.15, 0.2) is 18.2 Å². The van der Waals surface area contributed by atoms with Crippen LogP contribution in [0.5, 0.6) is 11.5 Å². The molecule has 1 aromatic rings. The Labute approximate surface area is 91.7 Å². The number of para-hydroxylation sites is 1. The third-order valence-corrected chi connectivity index (χ3v) is 2.10. The standard InChI is InChI=1S/C10H9ClO4/c11-10(12)15-6-7-2-1-3-8-9(7)14-5-4-13-8/h1-3H,4-6H2. The van der Waals surface area contributed by atoms with Gasteiger partial charge < -0.3 is 14.2 Å². The van der Waals surface area contributed by atoms with Gasteiger partial charge in [0.15, 0.2) is 11.5 Å². The number of carbonyl (C=O) groups excluding carboxylic acids is 1. The average Bonchev–Trinajstić information content (AvgIpc) is 2.26. The number of hydrogen-bond acceptors (Lipinski definition) is 4. The summed E-state index contributed by atoms with van der Waals surface area (Å²) in [5, 5.41) is 0. The van der Waals surface area contributed by atoms with Gasteiger partial charge in [0, 0.05) is 17.2 Å². The minimum atomic E-state index is -0.829. The zero-order chi connectivity index (χ0) is 10.7. The summed E-state index contributed by atoms with van der Waals surface area (Å²) in [4.78, 5) is 10.5. The van der Waals surface area contributed by atoms with Gasteiger partial charge in [-0.15, -0.1) is 0 Å². The molecule has 0 radical (unpaired) electrons. The molecular formula is C10H9ClO4. The van der Waals surface area contributed by atoms with E-state index in [2.05, 4.69) is 4.74 Å².